The molecule has 2 bridgehead atoms. The molecule has 4 heteroatoms. The quantitative estimate of drug-likeness (QED) is 0.751. The zero-order valence-corrected chi connectivity index (χ0v) is 12.7. The molecule has 0 amide bonds. The number of fused-ring (bicyclic) bond motifs is 1. The summed E-state index contributed by atoms with van der Waals surface area (Å²) in [6, 6.07) is 0. The summed E-state index contributed by atoms with van der Waals surface area (Å²) in [6.07, 6.45) is 8.30. The van der Waals surface area contributed by atoms with Crippen LogP contribution in [-0.2, 0) is 19.1 Å². The second kappa shape index (κ2) is 4.72. The molecule has 4 rings (SSSR count). The molecule has 0 aromatic carbocycles. The predicted molar refractivity (Wildman–Crippen MR) is 75.3 cm³/mol. The molecule has 116 valence electrons. The predicted octanol–water partition coefficient (Wildman–Crippen LogP) is 2.84. The van der Waals surface area contributed by atoms with E-state index in [9.17, 15) is 9.59 Å². The monoisotopic (exact) mass is 292 g/mol. The van der Waals surface area contributed by atoms with Crippen molar-refractivity contribution < 1.29 is 19.1 Å². The molecular weight excluding hydrogens is 268 g/mol. The SMILES string of the molecule is CCC1(OC(=O)C2C3CC4OC(=O)C2C4C3)CCCCC1. The Morgan fingerprint density at radius 2 is 2.05 bits per heavy atom. The highest BCUT2D eigenvalue weighted by Gasteiger charge is 2.64. The van der Waals surface area contributed by atoms with Gasteiger partial charge in [0, 0.05) is 5.92 Å². The van der Waals surface area contributed by atoms with Crippen molar-refractivity contribution in [3.63, 3.8) is 0 Å². The second-order valence-corrected chi connectivity index (χ2v) is 7.44. The fraction of sp³-hybridized carbons (Fsp3) is 0.882. The summed E-state index contributed by atoms with van der Waals surface area (Å²) in [4.78, 5) is 24.8. The van der Waals surface area contributed by atoms with E-state index in [0.717, 1.165) is 44.9 Å². The Bertz CT molecular complexity index is 463. The van der Waals surface area contributed by atoms with Gasteiger partial charge in [0.2, 0.25) is 0 Å². The minimum Gasteiger partial charge on any atom is -0.462 e. The topological polar surface area (TPSA) is 52.6 Å². The van der Waals surface area contributed by atoms with E-state index in [1.54, 1.807) is 0 Å². The Morgan fingerprint density at radius 3 is 2.76 bits per heavy atom. The number of carbonyl (C=O) groups excluding carboxylic acids is 2. The molecule has 1 aliphatic heterocycles. The highest BCUT2D eigenvalue weighted by molar-refractivity contribution is 5.86. The van der Waals surface area contributed by atoms with Gasteiger partial charge in [0.25, 0.3) is 0 Å². The lowest BCUT2D eigenvalue weighted by molar-refractivity contribution is -0.173. The fourth-order valence-electron chi connectivity index (χ4n) is 5.33. The summed E-state index contributed by atoms with van der Waals surface area (Å²) in [5.41, 5.74) is -0.265. The van der Waals surface area contributed by atoms with Crippen molar-refractivity contribution in [3.8, 4) is 0 Å². The molecule has 4 nitrogen and oxygen atoms in total. The normalized spacial score (nSPS) is 42.9. The van der Waals surface area contributed by atoms with E-state index in [1.165, 1.54) is 6.42 Å². The molecule has 21 heavy (non-hydrogen) atoms. The van der Waals surface area contributed by atoms with Crippen molar-refractivity contribution in [3.05, 3.63) is 0 Å². The Labute approximate surface area is 125 Å². The van der Waals surface area contributed by atoms with Gasteiger partial charge in [-0.3, -0.25) is 9.59 Å². The van der Waals surface area contributed by atoms with Crippen molar-refractivity contribution in [2.24, 2.45) is 23.7 Å². The van der Waals surface area contributed by atoms with Crippen molar-refractivity contribution in [2.75, 3.05) is 0 Å². The van der Waals surface area contributed by atoms with E-state index in [2.05, 4.69) is 6.92 Å². The zero-order valence-electron chi connectivity index (χ0n) is 12.7. The molecule has 4 aliphatic rings. The van der Waals surface area contributed by atoms with Crippen LogP contribution in [0.1, 0.15) is 58.3 Å². The van der Waals surface area contributed by atoms with Crippen LogP contribution < -0.4 is 0 Å². The minimum atomic E-state index is -0.265. The van der Waals surface area contributed by atoms with E-state index in [0.29, 0.717) is 5.92 Å². The molecule has 4 fully saturated rings. The van der Waals surface area contributed by atoms with Crippen molar-refractivity contribution in [1.29, 1.82) is 0 Å². The molecule has 0 radical (unpaired) electrons. The maximum absolute atomic E-state index is 12.8. The molecule has 0 spiro atoms. The Hall–Kier alpha value is -1.06. The molecule has 1 heterocycles. The second-order valence-electron chi connectivity index (χ2n) is 7.44. The summed E-state index contributed by atoms with van der Waals surface area (Å²) >= 11 is 0. The number of rotatable bonds is 3. The van der Waals surface area contributed by atoms with Crippen molar-refractivity contribution >= 4 is 11.9 Å². The maximum atomic E-state index is 12.8. The largest absolute Gasteiger partial charge is 0.462 e. The average Bonchev–Trinajstić information content (AvgIpc) is 3.09. The van der Waals surface area contributed by atoms with E-state index in [4.69, 9.17) is 9.47 Å². The molecule has 3 aliphatic carbocycles. The van der Waals surface area contributed by atoms with Gasteiger partial charge in [0.15, 0.2) is 0 Å². The fourth-order valence-corrected chi connectivity index (χ4v) is 5.33. The van der Waals surface area contributed by atoms with Crippen LogP contribution in [-0.4, -0.2) is 23.6 Å². The molecule has 1 saturated heterocycles. The van der Waals surface area contributed by atoms with Crippen LogP contribution in [0.3, 0.4) is 0 Å². The lowest BCUT2D eigenvalue weighted by Crippen LogP contribution is -2.42. The Morgan fingerprint density at radius 1 is 1.29 bits per heavy atom. The van der Waals surface area contributed by atoms with Crippen LogP contribution in [0.4, 0.5) is 0 Å². The summed E-state index contributed by atoms with van der Waals surface area (Å²) in [5, 5.41) is 0. The van der Waals surface area contributed by atoms with Crippen molar-refractivity contribution in [1.82, 2.24) is 0 Å². The molecule has 0 aromatic rings. The third-order valence-electron chi connectivity index (χ3n) is 6.48. The minimum absolute atomic E-state index is 0.0892. The van der Waals surface area contributed by atoms with Gasteiger partial charge in [-0.15, -0.1) is 0 Å². The third-order valence-corrected chi connectivity index (χ3v) is 6.48. The van der Waals surface area contributed by atoms with E-state index in [1.807, 2.05) is 0 Å². The highest BCUT2D eigenvalue weighted by atomic mass is 16.6. The van der Waals surface area contributed by atoms with Gasteiger partial charge in [0.05, 0.1) is 11.8 Å². The van der Waals surface area contributed by atoms with Crippen LogP contribution in [0.5, 0.6) is 0 Å². The van der Waals surface area contributed by atoms with Crippen LogP contribution in [0.15, 0.2) is 0 Å². The van der Waals surface area contributed by atoms with Crippen molar-refractivity contribution in [2.45, 2.75) is 70.0 Å². The van der Waals surface area contributed by atoms with E-state index < -0.39 is 0 Å². The zero-order chi connectivity index (χ0) is 14.6. The first-order chi connectivity index (χ1) is 10.1. The standard InChI is InChI=1S/C17H24O4/c1-2-17(6-4-3-5-7-17)21-16(19)13-10-8-11-12(9-10)20-15(18)14(11)13/h10-14H,2-9H2,1H3. The van der Waals surface area contributed by atoms with Crippen LogP contribution in [0, 0.1) is 23.7 Å². The van der Waals surface area contributed by atoms with E-state index in [-0.39, 0.29) is 41.4 Å². The van der Waals surface area contributed by atoms with Crippen LogP contribution in [0.25, 0.3) is 0 Å². The van der Waals surface area contributed by atoms with Gasteiger partial charge in [-0.25, -0.2) is 0 Å². The smallest absolute Gasteiger partial charge is 0.310 e. The van der Waals surface area contributed by atoms with Gasteiger partial charge >= 0.3 is 11.9 Å². The van der Waals surface area contributed by atoms with Gasteiger partial charge in [-0.05, 0) is 50.9 Å². The molecular formula is C17H24O4. The lowest BCUT2D eigenvalue weighted by Gasteiger charge is -2.37. The van der Waals surface area contributed by atoms with Gasteiger partial charge < -0.3 is 9.47 Å². The van der Waals surface area contributed by atoms with Gasteiger partial charge in [-0.1, -0.05) is 13.3 Å². The number of esters is 2. The number of ether oxygens (including phenoxy) is 2. The number of carbonyl (C=O) groups is 2. The average molecular weight is 292 g/mol. The summed E-state index contributed by atoms with van der Waals surface area (Å²) in [6.45, 7) is 2.11. The van der Waals surface area contributed by atoms with E-state index >= 15 is 0 Å². The first kappa shape index (κ1) is 13.6. The summed E-state index contributed by atoms with van der Waals surface area (Å²) in [5.74, 6) is -0.120. The first-order valence-corrected chi connectivity index (χ1v) is 8.57. The molecule has 5 atom stereocenters. The Kier molecular flexibility index (Phi) is 3.05. The van der Waals surface area contributed by atoms with Gasteiger partial charge in [0.1, 0.15) is 11.7 Å². The van der Waals surface area contributed by atoms with Crippen LogP contribution >= 0.6 is 0 Å². The number of hydrogen-bond donors (Lipinski definition) is 0. The van der Waals surface area contributed by atoms with Gasteiger partial charge in [-0.2, -0.15) is 0 Å². The third kappa shape index (κ3) is 1.94. The lowest BCUT2D eigenvalue weighted by atomic mass is 9.79. The molecule has 0 aromatic heterocycles. The molecule has 3 saturated carbocycles. The summed E-state index contributed by atoms with van der Waals surface area (Å²) < 4.78 is 11.4. The Balaban J connectivity index is 1.51. The first-order valence-electron chi connectivity index (χ1n) is 8.57. The maximum Gasteiger partial charge on any atom is 0.310 e. The number of hydrogen-bond acceptors (Lipinski definition) is 4. The van der Waals surface area contributed by atoms with Crippen LogP contribution in [0.2, 0.25) is 0 Å². The summed E-state index contributed by atoms with van der Waals surface area (Å²) in [7, 11) is 0. The molecule has 5 unspecified atom stereocenters. The highest BCUT2D eigenvalue weighted by Crippen LogP contribution is 2.58. The molecule has 0 N–H and O–H groups in total.